The second kappa shape index (κ2) is 3.73. The highest BCUT2D eigenvalue weighted by Gasteiger charge is 2.11. The van der Waals surface area contributed by atoms with Gasteiger partial charge in [0.25, 0.3) is 6.08 Å². The second-order valence-corrected chi connectivity index (χ2v) is 3.56. The molecule has 0 fully saturated rings. The monoisotopic (exact) mass is 280 g/mol. The molecule has 0 saturated carbocycles. The zero-order chi connectivity index (χ0) is 11.0. The van der Waals surface area contributed by atoms with Crippen molar-refractivity contribution >= 4 is 27.0 Å². The van der Waals surface area contributed by atoms with E-state index in [1.54, 1.807) is 0 Å². The van der Waals surface area contributed by atoms with Crippen molar-refractivity contribution in [1.29, 1.82) is 0 Å². The van der Waals surface area contributed by atoms with Crippen molar-refractivity contribution < 1.29 is 17.9 Å². The summed E-state index contributed by atoms with van der Waals surface area (Å²) in [5.41, 5.74) is 0.632. The van der Waals surface area contributed by atoms with Crippen LogP contribution in [0.2, 0.25) is 0 Å². The number of halogens is 4. The lowest BCUT2D eigenvalue weighted by Gasteiger charge is -2.05. The molecule has 2 aromatic rings. The van der Waals surface area contributed by atoms with E-state index < -0.39 is 12.7 Å². The predicted octanol–water partition coefficient (Wildman–Crippen LogP) is 3.07. The molecule has 3 nitrogen and oxygen atoms in total. The molecule has 7 heteroatoms. The van der Waals surface area contributed by atoms with Gasteiger partial charge < -0.3 is 9.72 Å². The van der Waals surface area contributed by atoms with E-state index in [-0.39, 0.29) is 11.3 Å². The lowest BCUT2D eigenvalue weighted by Crippen LogP contribution is -2.02. The summed E-state index contributed by atoms with van der Waals surface area (Å²) >= 11 is 3.03. The number of rotatable bonds is 2. The molecule has 0 bridgehead atoms. The minimum absolute atomic E-state index is 0.0796. The molecule has 0 saturated heterocycles. The lowest BCUT2D eigenvalue weighted by molar-refractivity contribution is -0.0502. The number of nitrogens with one attached hydrogen (secondary N) is 1. The third kappa shape index (κ3) is 2.06. The first kappa shape index (κ1) is 10.3. The summed E-state index contributed by atoms with van der Waals surface area (Å²) < 4.78 is 41.1. The first-order valence-corrected chi connectivity index (χ1v) is 4.65. The van der Waals surface area contributed by atoms with Crippen LogP contribution >= 0.6 is 15.9 Å². The van der Waals surface area contributed by atoms with Gasteiger partial charge in [-0.3, -0.25) is 0 Å². The number of imidazole rings is 1. The topological polar surface area (TPSA) is 37.9 Å². The summed E-state index contributed by atoms with van der Waals surface area (Å²) in [6.07, 6.45) is -0.772. The van der Waals surface area contributed by atoms with E-state index in [1.165, 1.54) is 12.1 Å². The molecule has 0 amide bonds. The van der Waals surface area contributed by atoms with Gasteiger partial charge in [0.15, 0.2) is 0 Å². The van der Waals surface area contributed by atoms with E-state index in [0.29, 0.717) is 9.99 Å². The molecule has 0 atom stereocenters. The summed E-state index contributed by atoms with van der Waals surface area (Å²) in [4.78, 5) is 5.78. The zero-order valence-corrected chi connectivity index (χ0v) is 8.69. The smallest absolute Gasteiger partial charge is 0.387 e. The molecule has 0 radical (unpaired) electrons. The van der Waals surface area contributed by atoms with E-state index >= 15 is 0 Å². The highest BCUT2D eigenvalue weighted by Crippen LogP contribution is 2.30. The first-order valence-electron chi connectivity index (χ1n) is 3.86. The van der Waals surface area contributed by atoms with Crippen LogP contribution in [0.4, 0.5) is 13.2 Å². The van der Waals surface area contributed by atoms with Crippen molar-refractivity contribution in [3.05, 3.63) is 22.7 Å². The Balaban J connectivity index is 2.51. The Bertz CT molecular complexity index is 500. The van der Waals surface area contributed by atoms with Gasteiger partial charge >= 0.3 is 6.61 Å². The molecule has 0 unspecified atom stereocenters. The molecule has 2 rings (SSSR count). The number of aromatic amines is 1. The van der Waals surface area contributed by atoms with Gasteiger partial charge in [-0.2, -0.15) is 13.2 Å². The van der Waals surface area contributed by atoms with Gasteiger partial charge in [-0.1, -0.05) is 0 Å². The molecule has 0 aliphatic heterocycles. The van der Waals surface area contributed by atoms with Crippen molar-refractivity contribution in [1.82, 2.24) is 9.97 Å². The summed E-state index contributed by atoms with van der Waals surface area (Å²) in [6, 6.07) is 2.65. The number of hydrogen-bond acceptors (Lipinski definition) is 2. The maximum Gasteiger partial charge on any atom is 0.387 e. The van der Waals surface area contributed by atoms with Crippen LogP contribution in [0.15, 0.2) is 16.6 Å². The van der Waals surface area contributed by atoms with Crippen LogP contribution in [-0.4, -0.2) is 16.6 Å². The number of hydrogen-bond donors (Lipinski definition) is 1. The van der Waals surface area contributed by atoms with E-state index in [9.17, 15) is 13.2 Å². The summed E-state index contributed by atoms with van der Waals surface area (Å²) in [5, 5.41) is 0. The highest BCUT2D eigenvalue weighted by atomic mass is 79.9. The largest absolute Gasteiger partial charge is 0.434 e. The van der Waals surface area contributed by atoms with Gasteiger partial charge in [0.05, 0.1) is 15.5 Å². The number of benzene rings is 1. The van der Waals surface area contributed by atoms with Crippen molar-refractivity contribution in [3.8, 4) is 5.75 Å². The Morgan fingerprint density at radius 2 is 2.13 bits per heavy atom. The molecule has 1 aromatic heterocycles. The lowest BCUT2D eigenvalue weighted by atomic mass is 10.3. The Morgan fingerprint density at radius 3 is 2.80 bits per heavy atom. The molecule has 80 valence electrons. The Morgan fingerprint density at radius 1 is 1.40 bits per heavy atom. The van der Waals surface area contributed by atoms with Crippen LogP contribution in [0.1, 0.15) is 0 Å². The zero-order valence-electron chi connectivity index (χ0n) is 7.10. The summed E-state index contributed by atoms with van der Waals surface area (Å²) in [6.45, 7) is -2.93. The third-order valence-electron chi connectivity index (χ3n) is 1.72. The molecule has 15 heavy (non-hydrogen) atoms. The maximum atomic E-state index is 12.7. The van der Waals surface area contributed by atoms with E-state index in [2.05, 4.69) is 30.6 Å². The maximum absolute atomic E-state index is 12.7. The summed E-state index contributed by atoms with van der Waals surface area (Å²) in [7, 11) is 0. The molecular weight excluding hydrogens is 277 g/mol. The molecule has 1 heterocycles. The molecular formula is C8H4BrF3N2O. The molecule has 0 spiro atoms. The average Bonchev–Trinajstić information content (AvgIpc) is 2.44. The number of aromatic nitrogens is 2. The minimum Gasteiger partial charge on any atom is -0.434 e. The SMILES string of the molecule is Fc1nc2cc(OC(F)F)c(Br)cc2[nH]1. The normalized spacial score (nSPS) is 11.3. The number of ether oxygens (including phenoxy) is 1. The van der Waals surface area contributed by atoms with Crippen LogP contribution < -0.4 is 4.74 Å². The van der Waals surface area contributed by atoms with Gasteiger partial charge in [-0.05, 0) is 22.0 Å². The van der Waals surface area contributed by atoms with Crippen LogP contribution in [0, 0.1) is 6.08 Å². The Kier molecular flexibility index (Phi) is 2.56. The van der Waals surface area contributed by atoms with Crippen molar-refractivity contribution in [2.45, 2.75) is 6.61 Å². The van der Waals surface area contributed by atoms with Crippen LogP contribution in [0.5, 0.6) is 5.75 Å². The van der Waals surface area contributed by atoms with Crippen LogP contribution in [0.3, 0.4) is 0 Å². The van der Waals surface area contributed by atoms with E-state index in [1.807, 2.05) is 0 Å². The highest BCUT2D eigenvalue weighted by molar-refractivity contribution is 9.10. The quantitative estimate of drug-likeness (QED) is 0.918. The van der Waals surface area contributed by atoms with Gasteiger partial charge in [0, 0.05) is 6.07 Å². The fourth-order valence-corrected chi connectivity index (χ4v) is 1.60. The number of H-pyrrole nitrogens is 1. The van der Waals surface area contributed by atoms with E-state index in [4.69, 9.17) is 0 Å². The number of nitrogens with zero attached hydrogens (tertiary/aromatic N) is 1. The second-order valence-electron chi connectivity index (χ2n) is 2.71. The van der Waals surface area contributed by atoms with Gasteiger partial charge in [0.2, 0.25) is 0 Å². The van der Waals surface area contributed by atoms with Crippen LogP contribution in [0.25, 0.3) is 11.0 Å². The fourth-order valence-electron chi connectivity index (χ4n) is 1.17. The molecule has 0 aliphatic carbocycles. The minimum atomic E-state index is -2.93. The number of fused-ring (bicyclic) bond motifs is 1. The molecule has 1 aromatic carbocycles. The standard InChI is InChI=1S/C8H4BrF3N2O/c9-3-1-4-5(14-8(12)13-4)2-6(3)15-7(10)11/h1-2,7H,(H,13,14). The fraction of sp³-hybridized carbons (Fsp3) is 0.125. The van der Waals surface area contributed by atoms with Gasteiger partial charge in [-0.15, -0.1) is 0 Å². The Labute approximate surface area is 90.4 Å². The first-order chi connectivity index (χ1) is 7.06. The third-order valence-corrected chi connectivity index (χ3v) is 2.34. The molecule has 0 aliphatic rings. The van der Waals surface area contributed by atoms with Gasteiger partial charge in [-0.25, -0.2) is 4.98 Å². The number of alkyl halides is 2. The van der Waals surface area contributed by atoms with Crippen molar-refractivity contribution in [2.24, 2.45) is 0 Å². The van der Waals surface area contributed by atoms with E-state index in [0.717, 1.165) is 0 Å². The van der Waals surface area contributed by atoms with Crippen molar-refractivity contribution in [3.63, 3.8) is 0 Å². The van der Waals surface area contributed by atoms with Gasteiger partial charge in [0.1, 0.15) is 5.75 Å². The molecule has 1 N–H and O–H groups in total. The predicted molar refractivity (Wildman–Crippen MR) is 50.4 cm³/mol. The van der Waals surface area contributed by atoms with Crippen molar-refractivity contribution in [2.75, 3.05) is 0 Å². The average molecular weight is 281 g/mol. The Hall–Kier alpha value is -1.24. The summed E-state index contributed by atoms with van der Waals surface area (Å²) in [5.74, 6) is -0.0796. The van der Waals surface area contributed by atoms with Crippen LogP contribution in [-0.2, 0) is 0 Å².